The molecule has 0 saturated heterocycles. The van der Waals surface area contributed by atoms with Gasteiger partial charge < -0.3 is 0 Å². The largest absolute Gasteiger partial charge is 0.274 e. The Morgan fingerprint density at radius 3 is 2.75 bits per heavy atom. The van der Waals surface area contributed by atoms with Crippen LogP contribution in [0.15, 0.2) is 33.4 Å². The molecule has 0 fully saturated rings. The number of hydrogen-bond acceptors (Lipinski definition) is 7. The summed E-state index contributed by atoms with van der Waals surface area (Å²) in [5, 5.41) is 10.5. The second-order valence-corrected chi connectivity index (χ2v) is 8.13. The molecule has 0 unspecified atom stereocenters. The highest BCUT2D eigenvalue weighted by atomic mass is 32.2. The van der Waals surface area contributed by atoms with E-state index in [4.69, 9.17) is 0 Å². The van der Waals surface area contributed by atoms with Crippen molar-refractivity contribution in [3.8, 4) is 0 Å². The van der Waals surface area contributed by atoms with Crippen molar-refractivity contribution < 1.29 is 4.79 Å². The molecule has 24 heavy (non-hydrogen) atoms. The van der Waals surface area contributed by atoms with Gasteiger partial charge in [-0.2, -0.15) is 0 Å². The predicted molar refractivity (Wildman–Crippen MR) is 100 cm³/mol. The van der Waals surface area contributed by atoms with E-state index in [1.165, 1.54) is 28.2 Å². The lowest BCUT2D eigenvalue weighted by atomic mass is 10.1. The molecular formula is C16H16N4OS3. The molecule has 3 aromatic rings. The molecule has 0 aliphatic heterocycles. The van der Waals surface area contributed by atoms with Gasteiger partial charge in [0.25, 0.3) is 0 Å². The minimum Gasteiger partial charge on any atom is -0.274 e. The van der Waals surface area contributed by atoms with Crippen molar-refractivity contribution in [2.45, 2.75) is 30.9 Å². The number of thiazole rings is 1. The van der Waals surface area contributed by atoms with Crippen molar-refractivity contribution in [3.05, 3.63) is 45.9 Å². The lowest BCUT2D eigenvalue weighted by molar-refractivity contribution is -0.115. The third-order valence-corrected chi connectivity index (χ3v) is 6.25. The van der Waals surface area contributed by atoms with Gasteiger partial charge in [0.1, 0.15) is 5.51 Å². The van der Waals surface area contributed by atoms with Crippen LogP contribution in [-0.2, 0) is 10.5 Å². The van der Waals surface area contributed by atoms with Crippen molar-refractivity contribution in [2.75, 3.05) is 4.90 Å². The number of amides is 1. The minimum atomic E-state index is -0.0454. The van der Waals surface area contributed by atoms with Crippen molar-refractivity contribution in [1.82, 2.24) is 15.2 Å². The third kappa shape index (κ3) is 3.82. The van der Waals surface area contributed by atoms with Gasteiger partial charge in [-0.1, -0.05) is 29.2 Å². The second kappa shape index (κ2) is 7.42. The Bertz CT molecular complexity index is 845. The lowest BCUT2D eigenvalue weighted by Gasteiger charge is -2.19. The molecule has 0 aliphatic rings. The van der Waals surface area contributed by atoms with Crippen LogP contribution in [0.2, 0.25) is 0 Å². The standard InChI is InChI=1S/C16H16N4OS3/c1-10-4-5-14(6-11(10)2)20(12(3)21)15-18-13(7-22-15)8-23-16-19-17-9-24-16/h4-7,9H,8H2,1-3H3. The maximum absolute atomic E-state index is 12.2. The van der Waals surface area contributed by atoms with Crippen LogP contribution < -0.4 is 4.90 Å². The fraction of sp³-hybridized carbons (Fsp3) is 0.250. The van der Waals surface area contributed by atoms with E-state index in [-0.39, 0.29) is 5.91 Å². The van der Waals surface area contributed by atoms with Gasteiger partial charge in [-0.15, -0.1) is 21.5 Å². The van der Waals surface area contributed by atoms with Gasteiger partial charge >= 0.3 is 0 Å². The number of hydrogen-bond donors (Lipinski definition) is 0. The van der Waals surface area contributed by atoms with Crippen molar-refractivity contribution in [2.24, 2.45) is 0 Å². The molecule has 1 aromatic carbocycles. The van der Waals surface area contributed by atoms with E-state index in [0.717, 1.165) is 21.3 Å². The smallest absolute Gasteiger partial charge is 0.230 e. The van der Waals surface area contributed by atoms with E-state index in [1.807, 2.05) is 30.5 Å². The Balaban J connectivity index is 1.81. The lowest BCUT2D eigenvalue weighted by Crippen LogP contribution is -2.22. The van der Waals surface area contributed by atoms with Crippen LogP contribution in [0.25, 0.3) is 0 Å². The van der Waals surface area contributed by atoms with Gasteiger partial charge in [-0.05, 0) is 37.1 Å². The first-order valence-electron chi connectivity index (χ1n) is 7.26. The average molecular weight is 377 g/mol. The van der Waals surface area contributed by atoms with Gasteiger partial charge in [0.05, 0.1) is 11.4 Å². The summed E-state index contributed by atoms with van der Waals surface area (Å²) in [4.78, 5) is 18.4. The number of anilines is 2. The Kier molecular flexibility index (Phi) is 5.27. The van der Waals surface area contributed by atoms with Crippen molar-refractivity contribution >= 4 is 51.2 Å². The zero-order valence-corrected chi connectivity index (χ0v) is 16.0. The molecule has 2 aromatic heterocycles. The first-order valence-corrected chi connectivity index (χ1v) is 10.0. The number of thioether (sulfide) groups is 1. The molecule has 1 amide bonds. The highest BCUT2D eigenvalue weighted by molar-refractivity contribution is 8.00. The molecule has 2 heterocycles. The first kappa shape index (κ1) is 17.1. The zero-order chi connectivity index (χ0) is 17.1. The molecule has 0 N–H and O–H groups in total. The van der Waals surface area contributed by atoms with Crippen molar-refractivity contribution in [1.29, 1.82) is 0 Å². The van der Waals surface area contributed by atoms with E-state index in [9.17, 15) is 4.79 Å². The number of aromatic nitrogens is 3. The second-order valence-electron chi connectivity index (χ2n) is 5.24. The summed E-state index contributed by atoms with van der Waals surface area (Å²) in [6, 6.07) is 6.01. The monoisotopic (exact) mass is 376 g/mol. The van der Waals surface area contributed by atoms with Gasteiger partial charge in [0.2, 0.25) is 5.91 Å². The van der Waals surface area contributed by atoms with Gasteiger partial charge in [-0.25, -0.2) is 4.98 Å². The Hall–Kier alpha value is -1.77. The highest BCUT2D eigenvalue weighted by Gasteiger charge is 2.18. The van der Waals surface area contributed by atoms with Crippen LogP contribution in [0.1, 0.15) is 23.7 Å². The summed E-state index contributed by atoms with van der Waals surface area (Å²) >= 11 is 4.59. The number of carbonyl (C=O) groups is 1. The van der Waals surface area contributed by atoms with Crippen LogP contribution in [0.3, 0.4) is 0 Å². The predicted octanol–water partition coefficient (Wildman–Crippen LogP) is 4.59. The highest BCUT2D eigenvalue weighted by Crippen LogP contribution is 2.32. The van der Waals surface area contributed by atoms with E-state index in [0.29, 0.717) is 10.9 Å². The fourth-order valence-corrected chi connectivity index (χ4v) is 4.49. The van der Waals surface area contributed by atoms with Crippen LogP contribution in [0.4, 0.5) is 10.8 Å². The third-order valence-electron chi connectivity index (χ3n) is 3.48. The van der Waals surface area contributed by atoms with Crippen LogP contribution in [0, 0.1) is 13.8 Å². The maximum Gasteiger partial charge on any atom is 0.230 e. The fourth-order valence-electron chi connectivity index (χ4n) is 2.12. The maximum atomic E-state index is 12.2. The van der Waals surface area contributed by atoms with E-state index >= 15 is 0 Å². The number of rotatable bonds is 5. The molecule has 5 nitrogen and oxygen atoms in total. The zero-order valence-electron chi connectivity index (χ0n) is 13.5. The van der Waals surface area contributed by atoms with Crippen molar-refractivity contribution in [3.63, 3.8) is 0 Å². The molecule has 3 rings (SSSR count). The molecule has 124 valence electrons. The van der Waals surface area contributed by atoms with E-state index in [2.05, 4.69) is 22.1 Å². The Labute approximate surface area is 152 Å². The molecule has 0 spiro atoms. The SMILES string of the molecule is CC(=O)N(c1ccc(C)c(C)c1)c1nc(CSc2nncs2)cs1. The molecule has 0 bridgehead atoms. The molecule has 0 saturated carbocycles. The minimum absolute atomic E-state index is 0.0454. The average Bonchev–Trinajstić information content (AvgIpc) is 3.20. The Morgan fingerprint density at radius 1 is 1.25 bits per heavy atom. The summed E-state index contributed by atoms with van der Waals surface area (Å²) in [6.45, 7) is 5.67. The number of benzene rings is 1. The number of aryl methyl sites for hydroxylation is 2. The summed E-state index contributed by atoms with van der Waals surface area (Å²) in [6.07, 6.45) is 0. The van der Waals surface area contributed by atoms with E-state index < -0.39 is 0 Å². The van der Waals surface area contributed by atoms with E-state index in [1.54, 1.807) is 29.1 Å². The topological polar surface area (TPSA) is 59.0 Å². The number of nitrogens with zero attached hydrogens (tertiary/aromatic N) is 4. The number of carbonyl (C=O) groups excluding carboxylic acids is 1. The van der Waals surface area contributed by atoms with Crippen LogP contribution in [0.5, 0.6) is 0 Å². The summed E-state index contributed by atoms with van der Waals surface area (Å²) < 4.78 is 0.919. The summed E-state index contributed by atoms with van der Waals surface area (Å²) in [7, 11) is 0. The molecule has 0 radical (unpaired) electrons. The van der Waals surface area contributed by atoms with Crippen LogP contribution in [-0.4, -0.2) is 21.1 Å². The Morgan fingerprint density at radius 2 is 2.08 bits per heavy atom. The van der Waals surface area contributed by atoms with Gasteiger partial charge in [0.15, 0.2) is 9.47 Å². The molecular weight excluding hydrogens is 360 g/mol. The summed E-state index contributed by atoms with van der Waals surface area (Å²) in [5.41, 5.74) is 5.86. The molecule has 0 aliphatic carbocycles. The molecule has 0 atom stereocenters. The quantitative estimate of drug-likeness (QED) is 0.610. The van der Waals surface area contributed by atoms with Gasteiger partial charge in [0, 0.05) is 18.1 Å². The van der Waals surface area contributed by atoms with Gasteiger partial charge in [-0.3, -0.25) is 9.69 Å². The van der Waals surface area contributed by atoms with Crippen LogP contribution >= 0.6 is 34.4 Å². The first-order chi connectivity index (χ1) is 11.5. The molecule has 8 heteroatoms. The summed E-state index contributed by atoms with van der Waals surface area (Å²) in [5.74, 6) is 0.667. The normalized spacial score (nSPS) is 10.8.